The van der Waals surface area contributed by atoms with Crippen LogP contribution in [0.4, 0.5) is 4.39 Å². The fraction of sp³-hybridized carbons (Fsp3) is 0.118. The summed E-state index contributed by atoms with van der Waals surface area (Å²) >= 11 is 0. The number of nitrogens with zero attached hydrogens (tertiary/aromatic N) is 1. The molecule has 122 valence electrons. The summed E-state index contributed by atoms with van der Waals surface area (Å²) in [6.45, 7) is 1.60. The highest BCUT2D eigenvalue weighted by molar-refractivity contribution is 6.12. The van der Waals surface area contributed by atoms with Crippen LogP contribution in [0.1, 0.15) is 27.4 Å². The Morgan fingerprint density at radius 2 is 2.12 bits per heavy atom. The molecule has 0 saturated heterocycles. The molecule has 0 unspecified atom stereocenters. The van der Waals surface area contributed by atoms with E-state index in [0.29, 0.717) is 11.3 Å². The SMILES string of the molecule is COC(=O)c1cc(/C=C2\N=C(c3cccc(F)c3)OC2=O)oc1C. The Morgan fingerprint density at radius 1 is 1.33 bits per heavy atom. The number of aliphatic imine (C=N–C) groups is 1. The van der Waals surface area contributed by atoms with Gasteiger partial charge in [-0.25, -0.2) is 19.0 Å². The maximum Gasteiger partial charge on any atom is 0.363 e. The van der Waals surface area contributed by atoms with Gasteiger partial charge in [0.1, 0.15) is 22.9 Å². The molecule has 0 bridgehead atoms. The van der Waals surface area contributed by atoms with E-state index < -0.39 is 17.8 Å². The van der Waals surface area contributed by atoms with Crippen LogP contribution in [0.2, 0.25) is 0 Å². The van der Waals surface area contributed by atoms with E-state index in [0.717, 1.165) is 0 Å². The number of carbonyl (C=O) groups excluding carboxylic acids is 2. The van der Waals surface area contributed by atoms with Gasteiger partial charge in [-0.15, -0.1) is 0 Å². The van der Waals surface area contributed by atoms with Gasteiger partial charge in [0.05, 0.1) is 7.11 Å². The molecular weight excluding hydrogens is 317 g/mol. The van der Waals surface area contributed by atoms with E-state index in [4.69, 9.17) is 9.15 Å². The van der Waals surface area contributed by atoms with Crippen LogP contribution in [0.3, 0.4) is 0 Å². The van der Waals surface area contributed by atoms with Crippen molar-refractivity contribution in [3.05, 3.63) is 64.5 Å². The zero-order valence-corrected chi connectivity index (χ0v) is 12.8. The molecule has 2 aromatic rings. The molecule has 0 spiro atoms. The molecule has 1 aromatic carbocycles. The van der Waals surface area contributed by atoms with E-state index in [2.05, 4.69) is 9.73 Å². The number of furan rings is 1. The van der Waals surface area contributed by atoms with Crippen LogP contribution in [0.5, 0.6) is 0 Å². The summed E-state index contributed by atoms with van der Waals surface area (Å²) in [6.07, 6.45) is 1.34. The van der Waals surface area contributed by atoms with Gasteiger partial charge < -0.3 is 13.9 Å². The fourth-order valence-corrected chi connectivity index (χ4v) is 2.18. The minimum atomic E-state index is -0.692. The summed E-state index contributed by atoms with van der Waals surface area (Å²) in [4.78, 5) is 27.5. The highest BCUT2D eigenvalue weighted by atomic mass is 19.1. The molecule has 3 rings (SSSR count). The molecule has 6 nitrogen and oxygen atoms in total. The summed E-state index contributed by atoms with van der Waals surface area (Å²) in [6, 6.07) is 6.99. The first-order valence-corrected chi connectivity index (χ1v) is 6.95. The highest BCUT2D eigenvalue weighted by Gasteiger charge is 2.25. The topological polar surface area (TPSA) is 78.1 Å². The van der Waals surface area contributed by atoms with Crippen molar-refractivity contribution in [2.75, 3.05) is 7.11 Å². The third-order valence-corrected chi connectivity index (χ3v) is 3.31. The predicted octanol–water partition coefficient (Wildman–Crippen LogP) is 2.86. The normalized spacial score (nSPS) is 15.4. The summed E-state index contributed by atoms with van der Waals surface area (Å²) in [5, 5.41) is 0. The minimum Gasteiger partial charge on any atom is -0.465 e. The summed E-state index contributed by atoms with van der Waals surface area (Å²) in [7, 11) is 1.26. The molecule has 0 fully saturated rings. The van der Waals surface area contributed by atoms with Crippen molar-refractivity contribution in [3.63, 3.8) is 0 Å². The largest absolute Gasteiger partial charge is 0.465 e. The Hall–Kier alpha value is -3.22. The molecule has 0 N–H and O–H groups in total. The average Bonchev–Trinajstić information content (AvgIpc) is 3.10. The van der Waals surface area contributed by atoms with Gasteiger partial charge in [-0.2, -0.15) is 0 Å². The lowest BCUT2D eigenvalue weighted by atomic mass is 10.2. The van der Waals surface area contributed by atoms with Gasteiger partial charge in [-0.05, 0) is 31.2 Å². The van der Waals surface area contributed by atoms with Gasteiger partial charge in [0.25, 0.3) is 0 Å². The summed E-state index contributed by atoms with van der Waals surface area (Å²) < 4.78 is 28.3. The lowest BCUT2D eigenvalue weighted by Gasteiger charge is -1.98. The smallest absolute Gasteiger partial charge is 0.363 e. The third kappa shape index (κ3) is 2.96. The Kier molecular flexibility index (Phi) is 3.99. The first-order chi connectivity index (χ1) is 11.5. The second-order valence-corrected chi connectivity index (χ2v) is 4.96. The lowest BCUT2D eigenvalue weighted by Crippen LogP contribution is -2.05. The van der Waals surface area contributed by atoms with Crippen molar-refractivity contribution in [3.8, 4) is 0 Å². The highest BCUT2D eigenvalue weighted by Crippen LogP contribution is 2.22. The van der Waals surface area contributed by atoms with Gasteiger partial charge in [-0.3, -0.25) is 0 Å². The van der Waals surface area contributed by atoms with Crippen LogP contribution in [-0.4, -0.2) is 24.9 Å². The molecule has 0 atom stereocenters. The first kappa shape index (κ1) is 15.7. The molecule has 0 saturated carbocycles. The van der Waals surface area contributed by atoms with Crippen LogP contribution < -0.4 is 0 Å². The van der Waals surface area contributed by atoms with Crippen LogP contribution in [0.25, 0.3) is 6.08 Å². The number of carbonyl (C=O) groups is 2. The monoisotopic (exact) mass is 329 g/mol. The number of methoxy groups -OCH3 is 1. The zero-order valence-electron chi connectivity index (χ0n) is 12.8. The average molecular weight is 329 g/mol. The minimum absolute atomic E-state index is 0.00206. The Bertz CT molecular complexity index is 894. The Balaban J connectivity index is 1.93. The van der Waals surface area contributed by atoms with Crippen LogP contribution in [-0.2, 0) is 14.3 Å². The van der Waals surface area contributed by atoms with Crippen molar-refractivity contribution in [2.24, 2.45) is 4.99 Å². The Labute approximate surface area is 136 Å². The van der Waals surface area contributed by atoms with Crippen molar-refractivity contribution in [1.29, 1.82) is 0 Å². The maximum atomic E-state index is 13.2. The van der Waals surface area contributed by atoms with E-state index in [-0.39, 0.29) is 22.9 Å². The number of halogens is 1. The van der Waals surface area contributed by atoms with Crippen molar-refractivity contribution in [1.82, 2.24) is 0 Å². The summed E-state index contributed by atoms with van der Waals surface area (Å²) in [5.74, 6) is -1.09. The number of hydrogen-bond donors (Lipinski definition) is 0. The molecule has 7 heteroatoms. The van der Waals surface area contributed by atoms with Gasteiger partial charge in [-0.1, -0.05) is 6.07 Å². The summed E-state index contributed by atoms with van der Waals surface area (Å²) in [5.41, 5.74) is 0.585. The number of cyclic esters (lactones) is 1. The second kappa shape index (κ2) is 6.11. The second-order valence-electron chi connectivity index (χ2n) is 4.96. The van der Waals surface area contributed by atoms with Crippen molar-refractivity contribution >= 4 is 23.9 Å². The maximum absolute atomic E-state index is 13.2. The van der Waals surface area contributed by atoms with E-state index >= 15 is 0 Å². The molecule has 0 amide bonds. The van der Waals surface area contributed by atoms with Crippen molar-refractivity contribution < 1.29 is 27.9 Å². The number of benzene rings is 1. The van der Waals surface area contributed by atoms with Gasteiger partial charge in [0.2, 0.25) is 5.90 Å². The molecule has 24 heavy (non-hydrogen) atoms. The van der Waals surface area contributed by atoms with Gasteiger partial charge >= 0.3 is 11.9 Å². The molecular formula is C17H12FNO5. The number of rotatable bonds is 3. The van der Waals surface area contributed by atoms with E-state index in [1.165, 1.54) is 37.5 Å². The molecule has 1 aromatic heterocycles. The van der Waals surface area contributed by atoms with Gasteiger partial charge in [0.15, 0.2) is 5.70 Å². The fourth-order valence-electron chi connectivity index (χ4n) is 2.18. The van der Waals surface area contributed by atoms with Gasteiger partial charge in [0, 0.05) is 11.6 Å². The molecule has 1 aliphatic rings. The third-order valence-electron chi connectivity index (χ3n) is 3.31. The standard InChI is InChI=1S/C17H12FNO5/c1-9-13(16(20)22-2)7-12(23-9)8-14-17(21)24-15(19-14)10-4-3-5-11(18)6-10/h3-8H,1-2H3/b14-8-. The zero-order chi connectivity index (χ0) is 17.3. The number of esters is 2. The van der Waals surface area contributed by atoms with Crippen LogP contribution >= 0.6 is 0 Å². The molecule has 0 aliphatic carbocycles. The van der Waals surface area contributed by atoms with E-state index in [1.807, 2.05) is 0 Å². The molecule has 0 radical (unpaired) electrons. The molecule has 2 heterocycles. The van der Waals surface area contributed by atoms with E-state index in [9.17, 15) is 14.0 Å². The predicted molar refractivity (Wildman–Crippen MR) is 81.8 cm³/mol. The number of ether oxygens (including phenoxy) is 2. The molecule has 1 aliphatic heterocycles. The van der Waals surface area contributed by atoms with E-state index in [1.54, 1.807) is 13.0 Å². The first-order valence-electron chi connectivity index (χ1n) is 6.95. The van der Waals surface area contributed by atoms with Crippen LogP contribution in [0, 0.1) is 12.7 Å². The lowest BCUT2D eigenvalue weighted by molar-refractivity contribution is -0.129. The van der Waals surface area contributed by atoms with Crippen molar-refractivity contribution in [2.45, 2.75) is 6.92 Å². The number of aryl methyl sites for hydroxylation is 1. The Morgan fingerprint density at radius 3 is 2.83 bits per heavy atom. The number of hydrogen-bond acceptors (Lipinski definition) is 6. The quantitative estimate of drug-likeness (QED) is 0.639. The van der Waals surface area contributed by atoms with Crippen LogP contribution in [0.15, 0.2) is 45.4 Å².